The number of methoxy groups -OCH3 is 1. The van der Waals surface area contributed by atoms with Crippen LogP contribution in [0.2, 0.25) is 5.02 Å². The fourth-order valence-electron chi connectivity index (χ4n) is 6.30. The summed E-state index contributed by atoms with van der Waals surface area (Å²) in [6.07, 6.45) is 1.65. The second kappa shape index (κ2) is 7.24. The van der Waals surface area contributed by atoms with Gasteiger partial charge in [0.15, 0.2) is 0 Å². The van der Waals surface area contributed by atoms with E-state index in [2.05, 4.69) is 20.8 Å². The smallest absolute Gasteiger partial charge is 0.342 e. The zero-order valence-electron chi connectivity index (χ0n) is 18.5. The van der Waals surface area contributed by atoms with Crippen LogP contribution in [0, 0.1) is 29.6 Å². The molecule has 0 aromatic heterocycles. The normalized spacial score (nSPS) is 33.3. The number of aldehydes is 1. The van der Waals surface area contributed by atoms with Crippen molar-refractivity contribution < 1.29 is 29.3 Å². The van der Waals surface area contributed by atoms with Crippen molar-refractivity contribution in [3.63, 3.8) is 0 Å². The van der Waals surface area contributed by atoms with Crippen LogP contribution >= 0.6 is 11.6 Å². The summed E-state index contributed by atoms with van der Waals surface area (Å²) in [5, 5.41) is 21.5. The summed E-state index contributed by atoms with van der Waals surface area (Å²) in [4.78, 5) is 24.9. The molecule has 2 fully saturated rings. The Hall–Kier alpha value is -2.05. The molecule has 2 saturated carbocycles. The van der Waals surface area contributed by atoms with Crippen LogP contribution in [0.25, 0.3) is 0 Å². The van der Waals surface area contributed by atoms with Gasteiger partial charge >= 0.3 is 5.97 Å². The first-order valence-corrected chi connectivity index (χ1v) is 11.0. The number of fused-ring (bicyclic) bond motifs is 3. The number of halogens is 1. The van der Waals surface area contributed by atoms with Gasteiger partial charge in [0.05, 0.1) is 18.2 Å². The van der Waals surface area contributed by atoms with Crippen molar-refractivity contribution in [2.45, 2.75) is 59.2 Å². The Kier molecular flexibility index (Phi) is 5.17. The number of phenolic OH excluding ortho intramolecular Hbond substituents is 1. The van der Waals surface area contributed by atoms with E-state index >= 15 is 0 Å². The maximum Gasteiger partial charge on any atom is 0.342 e. The number of carbonyl (C=O) groups excluding carboxylic acids is 2. The highest BCUT2D eigenvalue weighted by atomic mass is 35.5. The maximum absolute atomic E-state index is 13.0. The quantitative estimate of drug-likeness (QED) is 0.529. The fraction of sp³-hybridized carbons (Fsp3) is 0.583. The van der Waals surface area contributed by atoms with Crippen molar-refractivity contribution >= 4 is 23.9 Å². The Balaban J connectivity index is 1.66. The summed E-state index contributed by atoms with van der Waals surface area (Å²) in [6.45, 7) is 8.10. The maximum atomic E-state index is 13.0. The first-order chi connectivity index (χ1) is 14.4. The molecule has 1 aromatic carbocycles. The average molecular weight is 449 g/mol. The third-order valence-corrected chi connectivity index (χ3v) is 8.19. The largest absolute Gasteiger partial charge is 0.507 e. The van der Waals surface area contributed by atoms with Crippen molar-refractivity contribution in [1.29, 1.82) is 0 Å². The van der Waals surface area contributed by atoms with Gasteiger partial charge in [-0.3, -0.25) is 4.79 Å². The number of phenols is 1. The van der Waals surface area contributed by atoms with Gasteiger partial charge in [-0.15, -0.1) is 0 Å². The predicted octanol–water partition coefficient (Wildman–Crippen LogP) is 4.22. The first-order valence-electron chi connectivity index (χ1n) is 10.6. The predicted molar refractivity (Wildman–Crippen MR) is 115 cm³/mol. The molecule has 0 heterocycles. The van der Waals surface area contributed by atoms with Crippen LogP contribution in [-0.4, -0.2) is 41.8 Å². The van der Waals surface area contributed by atoms with Gasteiger partial charge in [-0.25, -0.2) is 4.79 Å². The van der Waals surface area contributed by atoms with Crippen LogP contribution in [0.3, 0.4) is 0 Å². The summed E-state index contributed by atoms with van der Waals surface area (Å²) >= 11 is 6.25. The molecule has 6 nitrogen and oxygen atoms in total. The minimum Gasteiger partial charge on any atom is -0.507 e. The van der Waals surface area contributed by atoms with Gasteiger partial charge in [-0.1, -0.05) is 32.4 Å². The number of hydrogen-bond acceptors (Lipinski definition) is 6. The van der Waals surface area contributed by atoms with Crippen molar-refractivity contribution in [1.82, 2.24) is 0 Å². The molecule has 4 rings (SSSR count). The second-order valence-electron chi connectivity index (χ2n) is 10.2. The van der Waals surface area contributed by atoms with Crippen molar-refractivity contribution in [3.05, 3.63) is 33.4 Å². The van der Waals surface area contributed by atoms with Gasteiger partial charge < -0.3 is 19.7 Å². The molecule has 7 heteroatoms. The third-order valence-electron chi connectivity index (χ3n) is 7.72. The number of benzene rings is 1. The molecule has 0 spiro atoms. The van der Waals surface area contributed by atoms with Crippen LogP contribution in [0.1, 0.15) is 56.0 Å². The number of ether oxygens (including phenoxy) is 2. The summed E-state index contributed by atoms with van der Waals surface area (Å²) in [7, 11) is 1.42. The highest BCUT2D eigenvalue weighted by Gasteiger charge is 2.63. The van der Waals surface area contributed by atoms with E-state index in [1.807, 2.05) is 0 Å². The number of aliphatic hydroxyl groups excluding tert-OH is 1. The van der Waals surface area contributed by atoms with E-state index in [1.165, 1.54) is 13.2 Å². The van der Waals surface area contributed by atoms with Gasteiger partial charge in [0.1, 0.15) is 29.5 Å². The summed E-state index contributed by atoms with van der Waals surface area (Å²) in [6, 6.07) is 1.28. The topological polar surface area (TPSA) is 93.1 Å². The number of rotatable bonds is 4. The van der Waals surface area contributed by atoms with Crippen molar-refractivity contribution in [2.75, 3.05) is 7.11 Å². The lowest BCUT2D eigenvalue weighted by Gasteiger charge is -2.57. The van der Waals surface area contributed by atoms with Gasteiger partial charge in [0.25, 0.3) is 0 Å². The van der Waals surface area contributed by atoms with Gasteiger partial charge in [0.2, 0.25) is 0 Å². The molecule has 0 saturated heterocycles. The molecule has 0 unspecified atom stereocenters. The molecular formula is C24H29ClO6. The zero-order valence-corrected chi connectivity index (χ0v) is 19.2. The van der Waals surface area contributed by atoms with E-state index in [9.17, 15) is 19.8 Å². The molecule has 0 bridgehead atoms. The summed E-state index contributed by atoms with van der Waals surface area (Å²) in [5.74, 6) is -0.464. The van der Waals surface area contributed by atoms with E-state index in [0.29, 0.717) is 23.8 Å². The zero-order chi connectivity index (χ0) is 22.9. The lowest BCUT2D eigenvalue weighted by molar-refractivity contribution is -0.109. The Morgan fingerprint density at radius 1 is 1.26 bits per heavy atom. The lowest BCUT2D eigenvalue weighted by Crippen LogP contribution is -2.56. The minimum absolute atomic E-state index is 0.0242. The molecule has 31 heavy (non-hydrogen) atoms. The first kappa shape index (κ1) is 22.2. The highest BCUT2D eigenvalue weighted by Crippen LogP contribution is 2.66. The molecule has 0 amide bonds. The van der Waals surface area contributed by atoms with Crippen LogP contribution in [0.4, 0.5) is 0 Å². The van der Waals surface area contributed by atoms with E-state index < -0.39 is 18.2 Å². The Labute approximate surface area is 187 Å². The molecule has 1 aromatic rings. The molecule has 5 atom stereocenters. The molecule has 0 radical (unpaired) electrons. The number of hydrogen-bond donors (Lipinski definition) is 2. The molecule has 2 N–H and O–H groups in total. The standard InChI is InChI=1S/C24H29ClO6/c1-11-18(15(27)6-16(30-5)20(11)25)22(29)31-17-9-24(4)14-8-23(2,3)7-12(14)21(28)13(10-26)19(17)24/h6,10,12,14,17,21,27-28H,7-9H2,1-5H3/t12-,14+,17-,21+,24-/m1/s1. The average Bonchev–Trinajstić information content (AvgIpc) is 3.03. The number of aliphatic hydroxyl groups is 1. The molecule has 168 valence electrons. The van der Waals surface area contributed by atoms with E-state index in [4.69, 9.17) is 21.1 Å². The van der Waals surface area contributed by atoms with Crippen LogP contribution in [0.5, 0.6) is 11.5 Å². The third kappa shape index (κ3) is 3.18. The number of carbonyl (C=O) groups is 2. The monoisotopic (exact) mass is 448 g/mol. The number of esters is 1. The lowest BCUT2D eigenvalue weighted by atomic mass is 9.49. The summed E-state index contributed by atoms with van der Waals surface area (Å²) < 4.78 is 10.9. The molecule has 3 aliphatic carbocycles. The van der Waals surface area contributed by atoms with E-state index in [1.54, 1.807) is 6.92 Å². The van der Waals surface area contributed by atoms with Crippen molar-refractivity contribution in [3.8, 4) is 11.5 Å². The fourth-order valence-corrected chi connectivity index (χ4v) is 6.53. The van der Waals surface area contributed by atoms with Crippen molar-refractivity contribution in [2.24, 2.45) is 22.7 Å². The summed E-state index contributed by atoms with van der Waals surface area (Å²) in [5.41, 5.74) is 1.21. The molecular weight excluding hydrogens is 420 g/mol. The number of aromatic hydroxyl groups is 1. The van der Waals surface area contributed by atoms with Crippen LogP contribution in [-0.2, 0) is 9.53 Å². The van der Waals surface area contributed by atoms with Gasteiger partial charge in [-0.2, -0.15) is 0 Å². The second-order valence-corrected chi connectivity index (χ2v) is 10.6. The minimum atomic E-state index is -0.848. The molecule has 3 aliphatic rings. The van der Waals surface area contributed by atoms with E-state index in [0.717, 1.165) is 18.4 Å². The molecule has 0 aliphatic heterocycles. The Morgan fingerprint density at radius 2 is 1.94 bits per heavy atom. The van der Waals surface area contributed by atoms with Crippen LogP contribution < -0.4 is 4.74 Å². The Morgan fingerprint density at radius 3 is 2.55 bits per heavy atom. The van der Waals surface area contributed by atoms with E-state index in [-0.39, 0.29) is 44.8 Å². The van der Waals surface area contributed by atoms with Crippen LogP contribution in [0.15, 0.2) is 17.2 Å². The van der Waals surface area contributed by atoms with Gasteiger partial charge in [-0.05, 0) is 60.0 Å². The highest BCUT2D eigenvalue weighted by molar-refractivity contribution is 6.33. The Bertz CT molecular complexity index is 996. The van der Waals surface area contributed by atoms with Gasteiger partial charge in [0, 0.05) is 11.6 Å². The SMILES string of the molecule is COc1cc(O)c(C(=O)O[C@@H]2C[C@@]3(C)C2=C(C=O)[C@@H](O)[C@@H]2CC(C)(C)C[C@@H]23)c(C)c1Cl.